The van der Waals surface area contributed by atoms with Crippen molar-refractivity contribution >= 4 is 32.9 Å². The number of aliphatic hydroxyl groups is 1. The Bertz CT molecular complexity index is 1300. The highest BCUT2D eigenvalue weighted by Crippen LogP contribution is 2.37. The number of aromatic nitrogens is 4. The lowest BCUT2D eigenvalue weighted by molar-refractivity contribution is 0.0436. The Morgan fingerprint density at radius 2 is 2.13 bits per heavy atom. The number of carbonyl (C=O) groups excluding carboxylic acids is 1. The zero-order valence-electron chi connectivity index (χ0n) is 17.1. The van der Waals surface area contributed by atoms with Gasteiger partial charge in [-0.05, 0) is 54.4 Å². The number of imidazole rings is 1. The van der Waals surface area contributed by atoms with Gasteiger partial charge in [0.25, 0.3) is 5.91 Å². The van der Waals surface area contributed by atoms with E-state index in [2.05, 4.69) is 35.9 Å². The number of rotatable bonds is 3. The molecule has 0 fully saturated rings. The molecule has 0 aliphatic carbocycles. The van der Waals surface area contributed by atoms with Gasteiger partial charge < -0.3 is 23.8 Å². The van der Waals surface area contributed by atoms with Crippen LogP contribution >= 0.6 is 15.9 Å². The van der Waals surface area contributed by atoms with E-state index < -0.39 is 17.6 Å². The second-order valence-electron chi connectivity index (χ2n) is 8.14. The van der Waals surface area contributed by atoms with Gasteiger partial charge in [0, 0.05) is 18.7 Å². The summed E-state index contributed by atoms with van der Waals surface area (Å²) in [5, 5.41) is 10.2. The summed E-state index contributed by atoms with van der Waals surface area (Å²) in [6.45, 7) is 5.47. The van der Waals surface area contributed by atoms with Crippen molar-refractivity contribution in [3.05, 3.63) is 63.6 Å². The third-order valence-electron chi connectivity index (χ3n) is 5.28. The molecule has 1 atom stereocenters. The first-order chi connectivity index (χ1) is 14.7. The number of fused-ring (bicyclic) bond motifs is 2. The molecule has 3 aromatic heterocycles. The van der Waals surface area contributed by atoms with E-state index in [1.54, 1.807) is 25.1 Å². The predicted octanol–water partition coefficient (Wildman–Crippen LogP) is 3.63. The predicted molar refractivity (Wildman–Crippen MR) is 113 cm³/mol. The van der Waals surface area contributed by atoms with E-state index in [0.717, 1.165) is 16.8 Å². The van der Waals surface area contributed by atoms with E-state index in [-0.39, 0.29) is 16.3 Å². The van der Waals surface area contributed by atoms with Crippen LogP contribution in [0.15, 0.2) is 38.0 Å². The maximum Gasteiger partial charge on any atom is 0.293 e. The Kier molecular flexibility index (Phi) is 4.52. The first-order valence-corrected chi connectivity index (χ1v) is 10.6. The number of amides is 1. The molecule has 10 heteroatoms. The number of carbonyl (C=O) groups is 1. The molecule has 4 aromatic rings. The molecule has 160 valence electrons. The molecule has 1 aromatic carbocycles. The molecule has 0 unspecified atom stereocenters. The molecule has 0 bridgehead atoms. The summed E-state index contributed by atoms with van der Waals surface area (Å²) in [7, 11) is 0. The summed E-state index contributed by atoms with van der Waals surface area (Å²) >= 11 is 3.29. The van der Waals surface area contributed by atoms with E-state index in [1.807, 2.05) is 25.1 Å². The molecule has 0 spiro atoms. The Hall–Kier alpha value is -2.98. The molecule has 2 N–H and O–H groups in total. The van der Waals surface area contributed by atoms with Gasteiger partial charge in [-0.3, -0.25) is 4.79 Å². The standard InChI is InChI=1S/C21H20BrN5O4/c1-10-4-5-13-12(8-10)25-18(30-13)15-14-11(23-9-24-14)6-7-27(15)19(28)16-17(22)26-20(31-16)21(2,3)29/h4-5,8-9,15,29H,6-7H2,1-3H3,(H,23,24)/t15-/m0/s1. The average molecular weight is 486 g/mol. The van der Waals surface area contributed by atoms with Crippen LogP contribution in [0.3, 0.4) is 0 Å². The van der Waals surface area contributed by atoms with Crippen LogP contribution in [0.2, 0.25) is 0 Å². The van der Waals surface area contributed by atoms with Crippen molar-refractivity contribution in [2.75, 3.05) is 6.54 Å². The van der Waals surface area contributed by atoms with Crippen LogP contribution in [0.1, 0.15) is 59.2 Å². The summed E-state index contributed by atoms with van der Waals surface area (Å²) in [6.07, 6.45) is 2.20. The molecule has 4 heterocycles. The third-order valence-corrected chi connectivity index (χ3v) is 5.82. The molecule has 1 aliphatic rings. The van der Waals surface area contributed by atoms with Gasteiger partial charge >= 0.3 is 0 Å². The maximum atomic E-state index is 13.5. The molecule has 0 saturated heterocycles. The average Bonchev–Trinajstić information content (AvgIpc) is 3.43. The van der Waals surface area contributed by atoms with Crippen LogP contribution in [0.5, 0.6) is 0 Å². The Labute approximate surface area is 185 Å². The van der Waals surface area contributed by atoms with Gasteiger partial charge in [0.05, 0.1) is 12.0 Å². The summed E-state index contributed by atoms with van der Waals surface area (Å²) in [5.41, 5.74) is 2.71. The zero-order valence-corrected chi connectivity index (χ0v) is 18.7. The fourth-order valence-corrected chi connectivity index (χ4v) is 4.15. The third kappa shape index (κ3) is 3.35. The molecular weight excluding hydrogens is 466 g/mol. The molecule has 0 radical (unpaired) electrons. The van der Waals surface area contributed by atoms with Crippen LogP contribution in [0.4, 0.5) is 0 Å². The molecule has 1 aliphatic heterocycles. The number of nitrogens with zero attached hydrogens (tertiary/aromatic N) is 4. The van der Waals surface area contributed by atoms with Gasteiger partial charge in [-0.2, -0.15) is 0 Å². The maximum absolute atomic E-state index is 13.5. The first-order valence-electron chi connectivity index (χ1n) is 9.82. The molecular formula is C21H20BrN5O4. The SMILES string of the molecule is Cc1ccc2oc([C@@H]3c4nc[nH]c4CCN3C(=O)c3oc(C(C)(C)O)nc3Br)nc2c1. The number of hydrogen-bond donors (Lipinski definition) is 2. The van der Waals surface area contributed by atoms with Crippen molar-refractivity contribution in [3.8, 4) is 0 Å². The van der Waals surface area contributed by atoms with Crippen molar-refractivity contribution in [3.63, 3.8) is 0 Å². The van der Waals surface area contributed by atoms with E-state index in [1.165, 1.54) is 0 Å². The van der Waals surface area contributed by atoms with Crippen molar-refractivity contribution in [1.29, 1.82) is 0 Å². The Morgan fingerprint density at radius 3 is 2.87 bits per heavy atom. The van der Waals surface area contributed by atoms with Crippen molar-refractivity contribution < 1.29 is 18.7 Å². The minimum Gasteiger partial charge on any atom is -0.438 e. The summed E-state index contributed by atoms with van der Waals surface area (Å²) in [6, 6.07) is 5.12. The van der Waals surface area contributed by atoms with Gasteiger partial charge in [0.2, 0.25) is 17.5 Å². The fourth-order valence-electron chi connectivity index (χ4n) is 3.74. The van der Waals surface area contributed by atoms with E-state index in [0.29, 0.717) is 30.1 Å². The fraction of sp³-hybridized carbons (Fsp3) is 0.333. The van der Waals surface area contributed by atoms with Crippen LogP contribution in [-0.4, -0.2) is 42.4 Å². The lowest BCUT2D eigenvalue weighted by atomic mass is 10.0. The lowest BCUT2D eigenvalue weighted by Gasteiger charge is -2.32. The summed E-state index contributed by atoms with van der Waals surface area (Å²) in [4.78, 5) is 31.5. The number of halogens is 1. The van der Waals surface area contributed by atoms with E-state index >= 15 is 0 Å². The van der Waals surface area contributed by atoms with Crippen molar-refractivity contribution in [1.82, 2.24) is 24.8 Å². The van der Waals surface area contributed by atoms with Crippen LogP contribution in [0.25, 0.3) is 11.1 Å². The van der Waals surface area contributed by atoms with Gasteiger partial charge in [0.15, 0.2) is 16.2 Å². The molecule has 9 nitrogen and oxygen atoms in total. The van der Waals surface area contributed by atoms with Crippen LogP contribution in [-0.2, 0) is 12.0 Å². The van der Waals surface area contributed by atoms with Gasteiger partial charge in [-0.1, -0.05) is 6.07 Å². The normalized spacial score (nSPS) is 16.7. The first kappa shape index (κ1) is 20.0. The van der Waals surface area contributed by atoms with Crippen LogP contribution in [0, 0.1) is 6.92 Å². The monoisotopic (exact) mass is 485 g/mol. The minimum atomic E-state index is -1.32. The quantitative estimate of drug-likeness (QED) is 0.454. The van der Waals surface area contributed by atoms with E-state index in [4.69, 9.17) is 8.83 Å². The number of aromatic amines is 1. The molecule has 1 amide bonds. The second kappa shape index (κ2) is 7.03. The van der Waals surface area contributed by atoms with Crippen molar-refractivity contribution in [2.45, 2.75) is 38.8 Å². The minimum absolute atomic E-state index is 0.00747. The molecule has 31 heavy (non-hydrogen) atoms. The van der Waals surface area contributed by atoms with Gasteiger partial charge in [-0.25, -0.2) is 15.0 Å². The number of benzene rings is 1. The zero-order chi connectivity index (χ0) is 21.9. The summed E-state index contributed by atoms with van der Waals surface area (Å²) in [5.74, 6) is 0.0365. The van der Waals surface area contributed by atoms with E-state index in [9.17, 15) is 9.90 Å². The number of aryl methyl sites for hydroxylation is 1. The highest BCUT2D eigenvalue weighted by Gasteiger charge is 2.40. The topological polar surface area (TPSA) is 121 Å². The Morgan fingerprint density at radius 1 is 1.32 bits per heavy atom. The highest BCUT2D eigenvalue weighted by atomic mass is 79.9. The number of hydrogen-bond acceptors (Lipinski definition) is 7. The summed E-state index contributed by atoms with van der Waals surface area (Å²) < 4.78 is 11.9. The smallest absolute Gasteiger partial charge is 0.293 e. The Balaban J connectivity index is 1.60. The number of oxazole rings is 2. The number of nitrogens with one attached hydrogen (secondary N) is 1. The van der Waals surface area contributed by atoms with Gasteiger partial charge in [-0.15, -0.1) is 0 Å². The largest absolute Gasteiger partial charge is 0.438 e. The van der Waals surface area contributed by atoms with Crippen molar-refractivity contribution in [2.24, 2.45) is 0 Å². The van der Waals surface area contributed by atoms with Crippen LogP contribution < -0.4 is 0 Å². The number of H-pyrrole nitrogens is 1. The second-order valence-corrected chi connectivity index (χ2v) is 8.89. The van der Waals surface area contributed by atoms with Gasteiger partial charge in [0.1, 0.15) is 11.1 Å². The molecule has 5 rings (SSSR count). The lowest BCUT2D eigenvalue weighted by Crippen LogP contribution is -2.41. The highest BCUT2D eigenvalue weighted by molar-refractivity contribution is 9.10. The molecule has 0 saturated carbocycles.